The Balaban J connectivity index is 1.30. The van der Waals surface area contributed by atoms with Crippen LogP contribution in [0.4, 0.5) is 0 Å². The van der Waals surface area contributed by atoms with E-state index >= 15 is 0 Å². The molecule has 0 saturated heterocycles. The number of hydrogen-bond donors (Lipinski definition) is 0. The normalized spacial score (nSPS) is 11.9. The second-order valence-electron chi connectivity index (χ2n) is 13.3. The highest BCUT2D eigenvalue weighted by molar-refractivity contribution is 6.10. The van der Waals surface area contributed by atoms with E-state index in [1.165, 1.54) is 11.1 Å². The van der Waals surface area contributed by atoms with Crippen molar-refractivity contribution in [3.05, 3.63) is 193 Å². The first-order chi connectivity index (χ1) is 25.7. The summed E-state index contributed by atoms with van der Waals surface area (Å²) in [6.07, 6.45) is 0. The predicted molar refractivity (Wildman–Crippen MR) is 211 cm³/mol. The zero-order valence-electron chi connectivity index (χ0n) is 28.4. The Labute approximate surface area is 300 Å². The molecule has 0 atom stereocenters. The van der Waals surface area contributed by atoms with Crippen LogP contribution < -0.4 is 0 Å². The minimum absolute atomic E-state index is 0.516. The van der Waals surface area contributed by atoms with E-state index in [9.17, 15) is 0 Å². The molecule has 5 heteroatoms. The quantitative estimate of drug-likeness (QED) is 0.166. The maximum absolute atomic E-state index is 6.54. The maximum atomic E-state index is 6.54. The van der Waals surface area contributed by atoms with Gasteiger partial charge in [-0.05, 0) is 47.9 Å². The van der Waals surface area contributed by atoms with Crippen molar-refractivity contribution in [2.75, 3.05) is 0 Å². The van der Waals surface area contributed by atoms with Crippen LogP contribution >= 0.6 is 0 Å². The lowest BCUT2D eigenvalue weighted by Gasteiger charge is -2.33. The Morgan fingerprint density at radius 3 is 1.62 bits per heavy atom. The standard InChI is InChI=1S/C47H32N4O/c1-47(31-17-4-2-5-18-31,32-19-6-3-7-20-32)39-27-12-8-24-37(39)44-48-45(38-26-16-25-36-35-23-11-15-30-42(35)52-43(36)38)50-46(49-44)51-40-28-13-9-21-33(40)34-22-10-14-29-41(34)51/h2-30H,1H3. The van der Waals surface area contributed by atoms with Crippen LogP contribution in [0.2, 0.25) is 0 Å². The van der Waals surface area contributed by atoms with Gasteiger partial charge < -0.3 is 4.42 Å². The molecular weight excluding hydrogens is 637 g/mol. The van der Waals surface area contributed by atoms with Gasteiger partial charge in [0.1, 0.15) is 11.2 Å². The zero-order valence-corrected chi connectivity index (χ0v) is 28.4. The fourth-order valence-corrected chi connectivity index (χ4v) is 7.90. The van der Waals surface area contributed by atoms with Crippen molar-refractivity contribution in [2.45, 2.75) is 12.3 Å². The van der Waals surface area contributed by atoms with E-state index < -0.39 is 5.41 Å². The van der Waals surface area contributed by atoms with E-state index in [-0.39, 0.29) is 0 Å². The van der Waals surface area contributed by atoms with Crippen LogP contribution in [0.5, 0.6) is 0 Å². The number of hydrogen-bond acceptors (Lipinski definition) is 4. The molecule has 10 rings (SSSR count). The van der Waals surface area contributed by atoms with Crippen molar-refractivity contribution >= 4 is 43.7 Å². The lowest BCUT2D eigenvalue weighted by Crippen LogP contribution is -2.26. The topological polar surface area (TPSA) is 56.7 Å². The largest absolute Gasteiger partial charge is 0.455 e. The SMILES string of the molecule is CC(c1ccccc1)(c1ccccc1)c1ccccc1-c1nc(-c2cccc3c2oc2ccccc23)nc(-n2c3ccccc3c3ccccc32)n1. The number of benzene rings is 7. The average molecular weight is 669 g/mol. The molecule has 0 N–H and O–H groups in total. The molecule has 0 aliphatic rings. The monoisotopic (exact) mass is 668 g/mol. The fraction of sp³-hybridized carbons (Fsp3) is 0.0426. The molecule has 0 saturated carbocycles. The van der Waals surface area contributed by atoms with Gasteiger partial charge in [0.2, 0.25) is 5.95 Å². The van der Waals surface area contributed by atoms with Gasteiger partial charge in [-0.2, -0.15) is 9.97 Å². The van der Waals surface area contributed by atoms with Crippen molar-refractivity contribution in [3.8, 4) is 28.7 Å². The molecule has 5 nitrogen and oxygen atoms in total. The summed E-state index contributed by atoms with van der Waals surface area (Å²) in [6.45, 7) is 2.29. The second-order valence-corrected chi connectivity index (χ2v) is 13.3. The highest BCUT2D eigenvalue weighted by atomic mass is 16.3. The van der Waals surface area contributed by atoms with Gasteiger partial charge in [0, 0.05) is 32.5 Å². The van der Waals surface area contributed by atoms with Crippen molar-refractivity contribution in [2.24, 2.45) is 0 Å². The van der Waals surface area contributed by atoms with Gasteiger partial charge in [0.05, 0.1) is 16.6 Å². The summed E-state index contributed by atoms with van der Waals surface area (Å²) in [6, 6.07) is 61.1. The van der Waals surface area contributed by atoms with Crippen molar-refractivity contribution < 1.29 is 4.42 Å². The number of fused-ring (bicyclic) bond motifs is 6. The van der Waals surface area contributed by atoms with Gasteiger partial charge in [-0.25, -0.2) is 4.98 Å². The highest BCUT2D eigenvalue weighted by Gasteiger charge is 2.34. The number of para-hydroxylation sites is 4. The Morgan fingerprint density at radius 2 is 0.942 bits per heavy atom. The Kier molecular flexibility index (Phi) is 6.86. The molecule has 7 aromatic carbocycles. The van der Waals surface area contributed by atoms with E-state index in [4.69, 9.17) is 19.4 Å². The first-order valence-corrected chi connectivity index (χ1v) is 17.5. The van der Waals surface area contributed by atoms with Gasteiger partial charge >= 0.3 is 0 Å². The van der Waals surface area contributed by atoms with Gasteiger partial charge in [-0.15, -0.1) is 0 Å². The first kappa shape index (κ1) is 30.0. The second kappa shape index (κ2) is 11.9. The minimum Gasteiger partial charge on any atom is -0.455 e. The molecule has 0 bridgehead atoms. The molecule has 3 heterocycles. The van der Waals surface area contributed by atoms with Crippen LogP contribution in [0.3, 0.4) is 0 Å². The third-order valence-corrected chi connectivity index (χ3v) is 10.5. The predicted octanol–water partition coefficient (Wildman–Crippen LogP) is 11.6. The zero-order chi connectivity index (χ0) is 34.6. The molecule has 0 aliphatic carbocycles. The summed E-state index contributed by atoms with van der Waals surface area (Å²) in [5, 5.41) is 4.36. The van der Waals surface area contributed by atoms with Gasteiger partial charge in [0.15, 0.2) is 11.6 Å². The Morgan fingerprint density at radius 1 is 0.442 bits per heavy atom. The number of nitrogens with zero attached hydrogens (tertiary/aromatic N) is 4. The molecule has 52 heavy (non-hydrogen) atoms. The molecule has 0 radical (unpaired) electrons. The number of rotatable bonds is 6. The highest BCUT2D eigenvalue weighted by Crippen LogP contribution is 2.43. The molecule has 0 spiro atoms. The van der Waals surface area contributed by atoms with Gasteiger partial charge in [0.25, 0.3) is 0 Å². The van der Waals surface area contributed by atoms with E-state index in [1.54, 1.807) is 0 Å². The average Bonchev–Trinajstić information content (AvgIpc) is 3.77. The molecule has 0 amide bonds. The van der Waals surface area contributed by atoms with E-state index in [2.05, 4.69) is 163 Å². The molecule has 3 aromatic heterocycles. The molecule has 246 valence electrons. The van der Waals surface area contributed by atoms with Crippen molar-refractivity contribution in [1.29, 1.82) is 0 Å². The van der Waals surface area contributed by atoms with Crippen LogP contribution in [-0.4, -0.2) is 19.5 Å². The number of aromatic nitrogens is 4. The smallest absolute Gasteiger partial charge is 0.238 e. The molecule has 0 aliphatic heterocycles. The molecule has 10 aromatic rings. The van der Waals surface area contributed by atoms with Crippen LogP contribution in [0.25, 0.3) is 72.5 Å². The Hall–Kier alpha value is -6.85. The Bertz CT molecular complexity index is 2830. The van der Waals surface area contributed by atoms with Crippen LogP contribution in [0.15, 0.2) is 180 Å². The molecule has 0 fully saturated rings. The lowest BCUT2D eigenvalue weighted by atomic mass is 9.69. The van der Waals surface area contributed by atoms with Crippen LogP contribution in [0.1, 0.15) is 23.6 Å². The summed E-state index contributed by atoms with van der Waals surface area (Å²) in [4.78, 5) is 16.0. The minimum atomic E-state index is -0.516. The molecule has 0 unspecified atom stereocenters. The van der Waals surface area contributed by atoms with E-state index in [0.717, 1.165) is 60.4 Å². The fourth-order valence-electron chi connectivity index (χ4n) is 7.90. The third kappa shape index (κ3) is 4.60. The van der Waals surface area contributed by atoms with Crippen molar-refractivity contribution in [1.82, 2.24) is 19.5 Å². The summed E-state index contributed by atoms with van der Waals surface area (Å²) in [5.74, 6) is 1.67. The van der Waals surface area contributed by atoms with E-state index in [0.29, 0.717) is 17.6 Å². The van der Waals surface area contributed by atoms with Crippen LogP contribution in [-0.2, 0) is 5.41 Å². The van der Waals surface area contributed by atoms with Gasteiger partial charge in [-0.1, -0.05) is 152 Å². The third-order valence-electron chi connectivity index (χ3n) is 10.5. The van der Waals surface area contributed by atoms with Gasteiger partial charge in [-0.3, -0.25) is 4.57 Å². The number of furan rings is 1. The maximum Gasteiger partial charge on any atom is 0.238 e. The summed E-state index contributed by atoms with van der Waals surface area (Å²) in [7, 11) is 0. The lowest BCUT2D eigenvalue weighted by molar-refractivity contribution is 0.669. The van der Waals surface area contributed by atoms with Crippen LogP contribution in [0, 0.1) is 0 Å². The summed E-state index contributed by atoms with van der Waals surface area (Å²) in [5.41, 5.74) is 8.31. The summed E-state index contributed by atoms with van der Waals surface area (Å²) < 4.78 is 8.70. The first-order valence-electron chi connectivity index (χ1n) is 17.5. The van der Waals surface area contributed by atoms with E-state index in [1.807, 2.05) is 24.3 Å². The summed E-state index contributed by atoms with van der Waals surface area (Å²) >= 11 is 0. The van der Waals surface area contributed by atoms with Crippen molar-refractivity contribution in [3.63, 3.8) is 0 Å². The molecular formula is C47H32N4O.